The summed E-state index contributed by atoms with van der Waals surface area (Å²) in [4.78, 5) is 37.3. The summed E-state index contributed by atoms with van der Waals surface area (Å²) in [5.41, 5.74) is 8.59. The van der Waals surface area contributed by atoms with Gasteiger partial charge in [0, 0.05) is 25.7 Å². The maximum atomic E-state index is 11.6. The van der Waals surface area contributed by atoms with E-state index < -0.39 is 58.3 Å². The van der Waals surface area contributed by atoms with E-state index in [1.165, 1.54) is 0 Å². The normalized spacial score (nSPS) is 26.5. The summed E-state index contributed by atoms with van der Waals surface area (Å²) in [5, 5.41) is 11.1. The molecular weight excluding hydrogens is 459 g/mol. The van der Waals surface area contributed by atoms with Gasteiger partial charge in [0.25, 0.3) is 3.79 Å². The molecule has 1 heterocycles. The molecule has 162 valence electrons. The molecule has 0 saturated carbocycles. The fraction of sp³-hybridized carbons (Fsp3) is 0.714. The van der Waals surface area contributed by atoms with Crippen LogP contribution in [0.15, 0.2) is 5.11 Å². The van der Waals surface area contributed by atoms with Crippen LogP contribution in [-0.2, 0) is 38.1 Å². The van der Waals surface area contributed by atoms with Crippen LogP contribution in [0, 0.1) is 5.41 Å². The molecule has 1 aliphatic rings. The average Bonchev–Trinajstić information content (AvgIpc) is 2.56. The molecule has 1 saturated heterocycles. The first-order chi connectivity index (χ1) is 13.4. The van der Waals surface area contributed by atoms with E-state index in [1.807, 2.05) is 0 Å². The van der Waals surface area contributed by atoms with Gasteiger partial charge < -0.3 is 23.7 Å². The van der Waals surface area contributed by atoms with E-state index in [0.717, 1.165) is 20.8 Å². The molecule has 0 spiro atoms. The average molecular weight is 476 g/mol. The van der Waals surface area contributed by atoms with Crippen LogP contribution in [0.1, 0.15) is 20.8 Å². The standard InChI is InChI=1S/C14H17Cl3N4O8/c1-5(22)25-9-8(4-20-21-19)28-12(29-13(18)14(15,16)17)11(27-7(3)24)10(9)26-6(2)23/h8-12,18H,4H2,1-3H3/t8-,9-,10+,11+,12-/m1/s1. The van der Waals surface area contributed by atoms with Crippen molar-refractivity contribution < 1.29 is 38.1 Å². The van der Waals surface area contributed by atoms with Gasteiger partial charge in [-0.05, 0) is 5.53 Å². The minimum Gasteiger partial charge on any atom is -0.456 e. The van der Waals surface area contributed by atoms with Gasteiger partial charge in [-0.15, -0.1) is 0 Å². The Bertz CT molecular complexity index is 709. The molecule has 12 nitrogen and oxygen atoms in total. The summed E-state index contributed by atoms with van der Waals surface area (Å²) in [6.45, 7) is 2.80. The molecule has 15 heteroatoms. The number of nitrogens with zero attached hydrogens (tertiary/aromatic N) is 3. The highest BCUT2D eigenvalue weighted by atomic mass is 35.6. The molecule has 5 atom stereocenters. The molecule has 0 aromatic carbocycles. The van der Waals surface area contributed by atoms with Gasteiger partial charge in [-0.25, -0.2) is 0 Å². The summed E-state index contributed by atoms with van der Waals surface area (Å²) >= 11 is 16.8. The molecule has 1 rings (SSSR count). The summed E-state index contributed by atoms with van der Waals surface area (Å²) in [5.74, 6) is -3.32. The molecule has 1 fully saturated rings. The first-order valence-corrected chi connectivity index (χ1v) is 9.00. The van der Waals surface area contributed by atoms with Crippen molar-refractivity contribution in [1.82, 2.24) is 0 Å². The predicted octanol–water partition coefficient (Wildman–Crippen LogP) is 2.18. The summed E-state index contributed by atoms with van der Waals surface area (Å²) in [7, 11) is 0. The Morgan fingerprint density at radius 2 is 1.48 bits per heavy atom. The van der Waals surface area contributed by atoms with E-state index >= 15 is 0 Å². The molecule has 0 unspecified atom stereocenters. The maximum absolute atomic E-state index is 11.6. The maximum Gasteiger partial charge on any atom is 0.303 e. The van der Waals surface area contributed by atoms with Crippen molar-refractivity contribution in [2.24, 2.45) is 5.11 Å². The van der Waals surface area contributed by atoms with Gasteiger partial charge in [0.2, 0.25) is 18.3 Å². The summed E-state index contributed by atoms with van der Waals surface area (Å²) in [6, 6.07) is 0. The third-order valence-electron chi connectivity index (χ3n) is 3.31. The van der Waals surface area contributed by atoms with E-state index in [9.17, 15) is 14.4 Å². The van der Waals surface area contributed by atoms with Crippen LogP contribution in [-0.4, -0.2) is 64.8 Å². The zero-order valence-corrected chi connectivity index (χ0v) is 17.6. The van der Waals surface area contributed by atoms with Gasteiger partial charge in [0.1, 0.15) is 6.10 Å². The number of alkyl halides is 3. The molecule has 0 bridgehead atoms. The minimum absolute atomic E-state index is 0.389. The molecule has 1 N–H and O–H groups in total. The van der Waals surface area contributed by atoms with Crippen molar-refractivity contribution in [3.63, 3.8) is 0 Å². The first-order valence-electron chi connectivity index (χ1n) is 7.87. The highest BCUT2D eigenvalue weighted by molar-refractivity contribution is 6.76. The van der Waals surface area contributed by atoms with Crippen LogP contribution in [0.4, 0.5) is 0 Å². The van der Waals surface area contributed by atoms with Crippen LogP contribution in [0.5, 0.6) is 0 Å². The van der Waals surface area contributed by atoms with Crippen molar-refractivity contribution in [3.8, 4) is 0 Å². The van der Waals surface area contributed by atoms with Gasteiger partial charge >= 0.3 is 17.9 Å². The number of rotatable bonds is 6. The Kier molecular flexibility index (Phi) is 9.24. The number of carbonyl (C=O) groups excluding carboxylic acids is 3. The number of esters is 3. The second kappa shape index (κ2) is 10.7. The second-order valence-corrected chi connectivity index (χ2v) is 7.90. The number of hydrogen-bond donors (Lipinski definition) is 1. The van der Waals surface area contributed by atoms with Crippen molar-refractivity contribution in [2.45, 2.75) is 55.3 Å². The number of ether oxygens (including phenoxy) is 5. The van der Waals surface area contributed by atoms with Gasteiger partial charge in [-0.3, -0.25) is 19.8 Å². The Morgan fingerprint density at radius 3 is 1.93 bits per heavy atom. The van der Waals surface area contributed by atoms with Gasteiger partial charge in [-0.1, -0.05) is 39.9 Å². The fourth-order valence-electron chi connectivity index (χ4n) is 2.40. The van der Waals surface area contributed by atoms with Crippen molar-refractivity contribution in [1.29, 1.82) is 5.41 Å². The van der Waals surface area contributed by atoms with E-state index in [1.54, 1.807) is 0 Å². The second-order valence-electron chi connectivity index (χ2n) is 5.62. The summed E-state index contributed by atoms with van der Waals surface area (Å²) < 4.78 is 23.8. The quantitative estimate of drug-likeness (QED) is 0.0890. The van der Waals surface area contributed by atoms with Gasteiger partial charge in [0.15, 0.2) is 12.2 Å². The minimum atomic E-state index is -2.28. The van der Waals surface area contributed by atoms with E-state index in [-0.39, 0.29) is 6.54 Å². The zero-order chi connectivity index (χ0) is 22.4. The zero-order valence-electron chi connectivity index (χ0n) is 15.3. The Labute approximate surface area is 179 Å². The highest BCUT2D eigenvalue weighted by Crippen LogP contribution is 2.33. The monoisotopic (exact) mass is 474 g/mol. The number of halogens is 3. The third kappa shape index (κ3) is 7.75. The molecule has 0 aromatic heterocycles. The molecule has 0 aliphatic carbocycles. The van der Waals surface area contributed by atoms with Gasteiger partial charge in [0.05, 0.1) is 6.54 Å². The van der Waals surface area contributed by atoms with E-state index in [4.69, 9.17) is 69.4 Å². The summed E-state index contributed by atoms with van der Waals surface area (Å²) in [6.07, 6.45) is -7.14. The largest absolute Gasteiger partial charge is 0.456 e. The van der Waals surface area contributed by atoms with Crippen LogP contribution in [0.2, 0.25) is 0 Å². The smallest absolute Gasteiger partial charge is 0.303 e. The Hall–Kier alpha value is -1.98. The molecule has 0 amide bonds. The van der Waals surface area contributed by atoms with Crippen LogP contribution in [0.25, 0.3) is 10.4 Å². The lowest BCUT2D eigenvalue weighted by atomic mass is 9.97. The molecule has 29 heavy (non-hydrogen) atoms. The van der Waals surface area contributed by atoms with E-state index in [0.29, 0.717) is 0 Å². The van der Waals surface area contributed by atoms with E-state index in [2.05, 4.69) is 10.0 Å². The SMILES string of the molecule is CC(=O)O[C@@H]1[C@H](OC(C)=O)[C@@H](OC(=N)C(Cl)(Cl)Cl)O[C@H](CN=[N+]=[N-])[C@H]1OC(C)=O. The number of carbonyl (C=O) groups is 3. The van der Waals surface area contributed by atoms with Gasteiger partial charge in [-0.2, -0.15) is 0 Å². The van der Waals surface area contributed by atoms with Crippen LogP contribution in [0.3, 0.4) is 0 Å². The predicted molar refractivity (Wildman–Crippen MR) is 98.4 cm³/mol. The van der Waals surface area contributed by atoms with Crippen molar-refractivity contribution >= 4 is 58.6 Å². The number of azide groups is 1. The lowest BCUT2D eigenvalue weighted by Gasteiger charge is -2.44. The van der Waals surface area contributed by atoms with Crippen LogP contribution < -0.4 is 0 Å². The number of hydrogen-bond acceptors (Lipinski definition) is 10. The number of nitrogens with one attached hydrogen (secondary N) is 1. The Balaban J connectivity index is 3.39. The molecule has 1 aliphatic heterocycles. The molecule has 0 aromatic rings. The topological polar surface area (TPSA) is 170 Å². The Morgan fingerprint density at radius 1 is 1.00 bits per heavy atom. The first kappa shape index (κ1) is 25.1. The van der Waals surface area contributed by atoms with Crippen LogP contribution >= 0.6 is 34.8 Å². The van der Waals surface area contributed by atoms with Crippen molar-refractivity contribution in [3.05, 3.63) is 10.4 Å². The lowest BCUT2D eigenvalue weighted by Crippen LogP contribution is -2.63. The van der Waals surface area contributed by atoms with Crippen molar-refractivity contribution in [2.75, 3.05) is 6.54 Å². The fourth-order valence-corrected chi connectivity index (χ4v) is 2.53. The lowest BCUT2D eigenvalue weighted by molar-refractivity contribution is -0.285. The molecule has 0 radical (unpaired) electrons. The third-order valence-corrected chi connectivity index (χ3v) is 3.83. The molecular formula is C14H17Cl3N4O8. The highest BCUT2D eigenvalue weighted by Gasteiger charge is 2.53.